The summed E-state index contributed by atoms with van der Waals surface area (Å²) < 4.78 is 1.25. The molecule has 0 aliphatic heterocycles. The molecule has 80 valence electrons. The average Bonchev–Trinajstić information content (AvgIpc) is 2.68. The van der Waals surface area contributed by atoms with Crippen LogP contribution < -0.4 is 5.32 Å². The SMILES string of the molecule is CCC(C)CNc1nc2ccccc2s1. The third kappa shape index (κ3) is 2.48. The van der Waals surface area contributed by atoms with Gasteiger partial charge in [-0.3, -0.25) is 0 Å². The smallest absolute Gasteiger partial charge is 0.183 e. The van der Waals surface area contributed by atoms with E-state index in [0.29, 0.717) is 5.92 Å². The van der Waals surface area contributed by atoms with E-state index in [1.54, 1.807) is 11.3 Å². The highest BCUT2D eigenvalue weighted by molar-refractivity contribution is 7.22. The van der Waals surface area contributed by atoms with Crippen molar-refractivity contribution in [3.63, 3.8) is 0 Å². The first kappa shape index (κ1) is 10.4. The van der Waals surface area contributed by atoms with Crippen LogP contribution in [0.4, 0.5) is 5.13 Å². The third-order valence-electron chi connectivity index (χ3n) is 2.59. The monoisotopic (exact) mass is 220 g/mol. The van der Waals surface area contributed by atoms with Gasteiger partial charge in [0, 0.05) is 6.54 Å². The second-order valence-corrected chi connectivity index (χ2v) is 4.91. The lowest BCUT2D eigenvalue weighted by Crippen LogP contribution is -2.09. The van der Waals surface area contributed by atoms with Crippen molar-refractivity contribution in [2.45, 2.75) is 20.3 Å². The van der Waals surface area contributed by atoms with Crippen molar-refractivity contribution in [1.29, 1.82) is 0 Å². The highest BCUT2D eigenvalue weighted by atomic mass is 32.1. The summed E-state index contributed by atoms with van der Waals surface area (Å²) in [6, 6.07) is 8.25. The summed E-state index contributed by atoms with van der Waals surface area (Å²) in [5.74, 6) is 0.706. The third-order valence-corrected chi connectivity index (χ3v) is 3.59. The van der Waals surface area contributed by atoms with Gasteiger partial charge in [0.2, 0.25) is 0 Å². The Morgan fingerprint density at radius 1 is 1.40 bits per heavy atom. The van der Waals surface area contributed by atoms with Gasteiger partial charge in [0.25, 0.3) is 0 Å². The lowest BCUT2D eigenvalue weighted by molar-refractivity contribution is 0.593. The van der Waals surface area contributed by atoms with Crippen LogP contribution in [0.5, 0.6) is 0 Å². The number of rotatable bonds is 4. The molecule has 0 fully saturated rings. The number of nitrogens with one attached hydrogen (secondary N) is 1. The number of benzene rings is 1. The Morgan fingerprint density at radius 2 is 2.20 bits per heavy atom. The highest BCUT2D eigenvalue weighted by Crippen LogP contribution is 2.25. The molecule has 2 nitrogen and oxygen atoms in total. The molecule has 2 rings (SSSR count). The Kier molecular flexibility index (Phi) is 3.21. The van der Waals surface area contributed by atoms with Gasteiger partial charge in [-0.15, -0.1) is 0 Å². The minimum atomic E-state index is 0.706. The molecule has 0 aliphatic carbocycles. The summed E-state index contributed by atoms with van der Waals surface area (Å²) >= 11 is 1.73. The van der Waals surface area contributed by atoms with Gasteiger partial charge in [0.05, 0.1) is 10.2 Å². The second kappa shape index (κ2) is 4.62. The zero-order chi connectivity index (χ0) is 10.7. The zero-order valence-corrected chi connectivity index (χ0v) is 9.97. The largest absolute Gasteiger partial charge is 0.361 e. The molecule has 0 spiro atoms. The molecule has 0 saturated heterocycles. The number of thiazole rings is 1. The van der Waals surface area contributed by atoms with Crippen LogP contribution in [0.15, 0.2) is 24.3 Å². The molecule has 15 heavy (non-hydrogen) atoms. The summed E-state index contributed by atoms with van der Waals surface area (Å²) in [6.45, 7) is 5.47. The minimum absolute atomic E-state index is 0.706. The molecule has 1 unspecified atom stereocenters. The van der Waals surface area contributed by atoms with E-state index in [2.05, 4.69) is 42.3 Å². The number of nitrogens with zero attached hydrogens (tertiary/aromatic N) is 1. The maximum absolute atomic E-state index is 4.53. The maximum atomic E-state index is 4.53. The minimum Gasteiger partial charge on any atom is -0.361 e. The quantitative estimate of drug-likeness (QED) is 0.848. The van der Waals surface area contributed by atoms with Gasteiger partial charge >= 0.3 is 0 Å². The molecular formula is C12H16N2S. The van der Waals surface area contributed by atoms with Crippen molar-refractivity contribution in [3.8, 4) is 0 Å². The average molecular weight is 220 g/mol. The van der Waals surface area contributed by atoms with Crippen LogP contribution in [0.3, 0.4) is 0 Å². The van der Waals surface area contributed by atoms with E-state index in [9.17, 15) is 0 Å². The first-order valence-corrected chi connectivity index (χ1v) is 6.20. The summed E-state index contributed by atoms with van der Waals surface area (Å²) in [7, 11) is 0. The van der Waals surface area contributed by atoms with Crippen LogP contribution in [-0.2, 0) is 0 Å². The van der Waals surface area contributed by atoms with E-state index in [-0.39, 0.29) is 0 Å². The van der Waals surface area contributed by atoms with Crippen molar-refractivity contribution >= 4 is 26.7 Å². The van der Waals surface area contributed by atoms with Gasteiger partial charge in [-0.05, 0) is 18.1 Å². The van der Waals surface area contributed by atoms with E-state index < -0.39 is 0 Å². The van der Waals surface area contributed by atoms with Gasteiger partial charge in [0.1, 0.15) is 0 Å². The number of fused-ring (bicyclic) bond motifs is 1. The topological polar surface area (TPSA) is 24.9 Å². The van der Waals surface area contributed by atoms with Gasteiger partial charge in [0.15, 0.2) is 5.13 Å². The molecular weight excluding hydrogens is 204 g/mol. The molecule has 2 aromatic rings. The van der Waals surface area contributed by atoms with Gasteiger partial charge in [-0.1, -0.05) is 43.7 Å². The van der Waals surface area contributed by atoms with E-state index >= 15 is 0 Å². The van der Waals surface area contributed by atoms with Crippen LogP contribution in [0.1, 0.15) is 20.3 Å². The Morgan fingerprint density at radius 3 is 2.93 bits per heavy atom. The lowest BCUT2D eigenvalue weighted by atomic mass is 10.1. The molecule has 3 heteroatoms. The Labute approximate surface area is 94.3 Å². The Hall–Kier alpha value is -1.09. The second-order valence-electron chi connectivity index (χ2n) is 3.88. The molecule has 0 amide bonds. The van der Waals surface area contributed by atoms with Crippen LogP contribution >= 0.6 is 11.3 Å². The first-order chi connectivity index (χ1) is 7.29. The number of para-hydroxylation sites is 1. The summed E-state index contributed by atoms with van der Waals surface area (Å²) in [5, 5.41) is 4.43. The van der Waals surface area contributed by atoms with Crippen LogP contribution in [0.25, 0.3) is 10.2 Å². The number of aromatic nitrogens is 1. The molecule has 0 radical (unpaired) electrons. The Bertz CT molecular complexity index is 403. The number of anilines is 1. The van der Waals surface area contributed by atoms with Gasteiger partial charge < -0.3 is 5.32 Å². The Balaban J connectivity index is 2.09. The van der Waals surface area contributed by atoms with Gasteiger partial charge in [-0.25, -0.2) is 4.98 Å². The molecule has 1 aromatic heterocycles. The van der Waals surface area contributed by atoms with E-state index in [4.69, 9.17) is 0 Å². The molecule has 0 saturated carbocycles. The van der Waals surface area contributed by atoms with Crippen LogP contribution in [0.2, 0.25) is 0 Å². The molecule has 0 bridgehead atoms. The van der Waals surface area contributed by atoms with Crippen LogP contribution in [-0.4, -0.2) is 11.5 Å². The molecule has 1 atom stereocenters. The lowest BCUT2D eigenvalue weighted by Gasteiger charge is -2.07. The van der Waals surface area contributed by atoms with Crippen LogP contribution in [0, 0.1) is 5.92 Å². The molecule has 1 aromatic carbocycles. The normalized spacial score (nSPS) is 12.9. The van der Waals surface area contributed by atoms with Crippen molar-refractivity contribution in [1.82, 2.24) is 4.98 Å². The number of hydrogen-bond acceptors (Lipinski definition) is 3. The summed E-state index contributed by atoms with van der Waals surface area (Å²) in [5.41, 5.74) is 1.09. The standard InChI is InChI=1S/C12H16N2S/c1-3-9(2)8-13-12-14-10-6-4-5-7-11(10)15-12/h4-7,9H,3,8H2,1-2H3,(H,13,14). The van der Waals surface area contributed by atoms with E-state index in [1.807, 2.05) is 6.07 Å². The fraction of sp³-hybridized carbons (Fsp3) is 0.417. The highest BCUT2D eigenvalue weighted by Gasteiger charge is 2.03. The molecule has 1 heterocycles. The molecule has 0 aliphatic rings. The van der Waals surface area contributed by atoms with Gasteiger partial charge in [-0.2, -0.15) is 0 Å². The predicted octanol–water partition coefficient (Wildman–Crippen LogP) is 3.75. The van der Waals surface area contributed by atoms with E-state index in [0.717, 1.165) is 17.2 Å². The number of hydrogen-bond donors (Lipinski definition) is 1. The summed E-state index contributed by atoms with van der Waals surface area (Å²) in [6.07, 6.45) is 1.21. The predicted molar refractivity (Wildman–Crippen MR) is 67.6 cm³/mol. The van der Waals surface area contributed by atoms with Crippen molar-refractivity contribution in [3.05, 3.63) is 24.3 Å². The fourth-order valence-corrected chi connectivity index (χ4v) is 2.23. The molecule has 1 N–H and O–H groups in total. The van der Waals surface area contributed by atoms with Crippen molar-refractivity contribution in [2.24, 2.45) is 5.92 Å². The summed E-state index contributed by atoms with van der Waals surface area (Å²) in [4.78, 5) is 4.53. The van der Waals surface area contributed by atoms with E-state index in [1.165, 1.54) is 11.1 Å². The fourth-order valence-electron chi connectivity index (χ4n) is 1.35. The maximum Gasteiger partial charge on any atom is 0.183 e. The zero-order valence-electron chi connectivity index (χ0n) is 9.16. The van der Waals surface area contributed by atoms with Crippen molar-refractivity contribution in [2.75, 3.05) is 11.9 Å². The van der Waals surface area contributed by atoms with Crippen molar-refractivity contribution < 1.29 is 0 Å². The first-order valence-electron chi connectivity index (χ1n) is 5.39.